The molecule has 0 aliphatic heterocycles. The van der Waals surface area contributed by atoms with Gasteiger partial charge in [-0.1, -0.05) is 0 Å². The van der Waals surface area contributed by atoms with Gasteiger partial charge in [-0.3, -0.25) is 4.79 Å². The predicted octanol–water partition coefficient (Wildman–Crippen LogP) is 2.66. The van der Waals surface area contributed by atoms with Crippen LogP contribution in [0.3, 0.4) is 0 Å². The van der Waals surface area contributed by atoms with Crippen LogP contribution in [0.15, 0.2) is 35.5 Å². The number of nitrogens with one attached hydrogen (secondary N) is 1. The summed E-state index contributed by atoms with van der Waals surface area (Å²) < 4.78 is 4.80. The largest absolute Gasteiger partial charge is 0.462 e. The van der Waals surface area contributed by atoms with Crippen molar-refractivity contribution in [2.75, 3.05) is 11.9 Å². The van der Waals surface area contributed by atoms with Crippen LogP contribution in [0, 0.1) is 11.3 Å². The fraction of sp³-hybridized carbons (Fsp3) is 0.267. The highest BCUT2D eigenvalue weighted by atomic mass is 16.5. The lowest BCUT2D eigenvalue weighted by Gasteiger charge is -2.09. The third-order valence-electron chi connectivity index (χ3n) is 2.59. The number of rotatable bonds is 5. The number of anilines is 1. The maximum Gasteiger partial charge on any atom is 0.350 e. The molecule has 0 radical (unpaired) electrons. The average Bonchev–Trinajstić information content (AvgIpc) is 2.40. The molecule has 1 aromatic rings. The first-order chi connectivity index (χ1) is 9.49. The van der Waals surface area contributed by atoms with Crippen LogP contribution in [0.5, 0.6) is 0 Å². The van der Waals surface area contributed by atoms with Gasteiger partial charge in [0.25, 0.3) is 0 Å². The highest BCUT2D eigenvalue weighted by Crippen LogP contribution is 2.14. The third kappa shape index (κ3) is 3.95. The lowest BCUT2D eigenvalue weighted by molar-refractivity contribution is -0.138. The Morgan fingerprint density at radius 1 is 1.25 bits per heavy atom. The summed E-state index contributed by atoms with van der Waals surface area (Å²) in [5, 5.41) is 11.9. The molecule has 0 aromatic heterocycles. The number of hydrogen-bond acceptors (Lipinski definition) is 5. The van der Waals surface area contributed by atoms with Crippen molar-refractivity contribution in [3.8, 4) is 6.07 Å². The van der Waals surface area contributed by atoms with Crippen LogP contribution in [0.25, 0.3) is 0 Å². The lowest BCUT2D eigenvalue weighted by atomic mass is 10.1. The van der Waals surface area contributed by atoms with E-state index in [0.29, 0.717) is 16.9 Å². The number of nitriles is 1. The summed E-state index contributed by atoms with van der Waals surface area (Å²) in [6.07, 6.45) is 0. The molecule has 0 saturated heterocycles. The Bertz CT molecular complexity index is 580. The molecule has 0 atom stereocenters. The second kappa shape index (κ2) is 7.10. The fourth-order valence-electron chi connectivity index (χ4n) is 1.55. The quantitative estimate of drug-likeness (QED) is 0.386. The number of ketones is 1. The van der Waals surface area contributed by atoms with Crippen molar-refractivity contribution in [3.63, 3.8) is 0 Å². The number of benzene rings is 1. The first-order valence-corrected chi connectivity index (χ1v) is 6.15. The van der Waals surface area contributed by atoms with Gasteiger partial charge in [0.1, 0.15) is 6.07 Å². The molecule has 0 spiro atoms. The van der Waals surface area contributed by atoms with Crippen molar-refractivity contribution < 1.29 is 14.3 Å². The van der Waals surface area contributed by atoms with Gasteiger partial charge in [-0.15, -0.1) is 0 Å². The summed E-state index contributed by atoms with van der Waals surface area (Å²) in [7, 11) is 0. The third-order valence-corrected chi connectivity index (χ3v) is 2.59. The minimum Gasteiger partial charge on any atom is -0.462 e. The second-order valence-corrected chi connectivity index (χ2v) is 4.09. The van der Waals surface area contributed by atoms with Crippen LogP contribution in [0.2, 0.25) is 0 Å². The van der Waals surface area contributed by atoms with Crippen molar-refractivity contribution in [1.29, 1.82) is 5.26 Å². The molecular formula is C15H16N2O3. The zero-order chi connectivity index (χ0) is 15.1. The number of Topliss-reactive ketones (excluding diaryl/α,β-unsaturated/α-hetero) is 1. The summed E-state index contributed by atoms with van der Waals surface area (Å²) in [4.78, 5) is 22.7. The molecule has 20 heavy (non-hydrogen) atoms. The zero-order valence-electron chi connectivity index (χ0n) is 11.7. The molecule has 0 aliphatic rings. The van der Waals surface area contributed by atoms with Crippen LogP contribution >= 0.6 is 0 Å². The summed E-state index contributed by atoms with van der Waals surface area (Å²) in [5.41, 5.74) is 1.62. The number of hydrogen-bond donors (Lipinski definition) is 1. The van der Waals surface area contributed by atoms with Gasteiger partial charge < -0.3 is 10.1 Å². The van der Waals surface area contributed by atoms with E-state index >= 15 is 0 Å². The van der Waals surface area contributed by atoms with E-state index in [9.17, 15) is 9.59 Å². The van der Waals surface area contributed by atoms with E-state index in [2.05, 4.69) is 5.32 Å². The van der Waals surface area contributed by atoms with E-state index in [1.807, 2.05) is 6.07 Å². The molecule has 5 heteroatoms. The smallest absolute Gasteiger partial charge is 0.350 e. The Kier molecular flexibility index (Phi) is 5.48. The SMILES string of the molecule is CCOC(=O)/C(C#N)=C(/C)Nc1ccc(C(C)=O)cc1. The number of carbonyl (C=O) groups excluding carboxylic acids is 2. The first-order valence-electron chi connectivity index (χ1n) is 6.15. The Morgan fingerprint density at radius 3 is 2.30 bits per heavy atom. The van der Waals surface area contributed by atoms with Gasteiger partial charge in [0.2, 0.25) is 0 Å². The number of nitrogens with zero attached hydrogens (tertiary/aromatic N) is 1. The molecule has 0 unspecified atom stereocenters. The Morgan fingerprint density at radius 2 is 1.85 bits per heavy atom. The summed E-state index contributed by atoms with van der Waals surface area (Å²) in [5.74, 6) is -0.673. The van der Waals surface area contributed by atoms with E-state index in [1.54, 1.807) is 38.1 Å². The second-order valence-electron chi connectivity index (χ2n) is 4.09. The van der Waals surface area contributed by atoms with E-state index in [1.165, 1.54) is 6.92 Å². The molecule has 104 valence electrons. The Balaban J connectivity index is 2.93. The molecule has 1 N–H and O–H groups in total. The van der Waals surface area contributed by atoms with E-state index in [4.69, 9.17) is 10.00 Å². The van der Waals surface area contributed by atoms with Gasteiger partial charge in [-0.2, -0.15) is 5.26 Å². The number of allylic oxidation sites excluding steroid dienone is 1. The number of ether oxygens (including phenoxy) is 1. The Hall–Kier alpha value is -2.61. The van der Waals surface area contributed by atoms with Gasteiger partial charge in [-0.05, 0) is 45.0 Å². The van der Waals surface area contributed by atoms with Crippen molar-refractivity contribution in [2.24, 2.45) is 0 Å². The summed E-state index contributed by atoms with van der Waals surface area (Å²) in [6.45, 7) is 5.00. The molecule has 0 saturated carbocycles. The average molecular weight is 272 g/mol. The standard InChI is InChI=1S/C15H16N2O3/c1-4-20-15(19)14(9-16)10(2)17-13-7-5-12(6-8-13)11(3)18/h5-8,17H,4H2,1-3H3/b14-10-. The Labute approximate surface area is 117 Å². The molecule has 5 nitrogen and oxygen atoms in total. The molecule has 1 rings (SSSR count). The van der Waals surface area contributed by atoms with Gasteiger partial charge in [0, 0.05) is 16.9 Å². The highest BCUT2D eigenvalue weighted by Gasteiger charge is 2.13. The zero-order valence-corrected chi connectivity index (χ0v) is 11.7. The topological polar surface area (TPSA) is 79.2 Å². The first kappa shape index (κ1) is 15.4. The van der Waals surface area contributed by atoms with Crippen molar-refractivity contribution >= 4 is 17.4 Å². The van der Waals surface area contributed by atoms with Crippen LogP contribution in [-0.2, 0) is 9.53 Å². The molecule has 0 heterocycles. The maximum absolute atomic E-state index is 11.6. The monoisotopic (exact) mass is 272 g/mol. The van der Waals surface area contributed by atoms with Gasteiger partial charge in [0.15, 0.2) is 11.4 Å². The van der Waals surface area contributed by atoms with Gasteiger partial charge >= 0.3 is 5.97 Å². The molecule has 0 amide bonds. The predicted molar refractivity (Wildman–Crippen MR) is 75.0 cm³/mol. The van der Waals surface area contributed by atoms with E-state index < -0.39 is 5.97 Å². The molecule has 0 aliphatic carbocycles. The molecule has 1 aromatic carbocycles. The fourth-order valence-corrected chi connectivity index (χ4v) is 1.55. The van der Waals surface area contributed by atoms with E-state index in [0.717, 1.165) is 0 Å². The van der Waals surface area contributed by atoms with Crippen LogP contribution in [0.4, 0.5) is 5.69 Å². The van der Waals surface area contributed by atoms with E-state index in [-0.39, 0.29) is 18.0 Å². The number of esters is 1. The van der Waals surface area contributed by atoms with Crippen molar-refractivity contribution in [2.45, 2.75) is 20.8 Å². The lowest BCUT2D eigenvalue weighted by Crippen LogP contribution is -2.11. The van der Waals surface area contributed by atoms with Gasteiger partial charge in [0.05, 0.1) is 6.61 Å². The molecule has 0 bridgehead atoms. The highest BCUT2D eigenvalue weighted by molar-refractivity contribution is 5.95. The normalized spacial score (nSPS) is 11.1. The van der Waals surface area contributed by atoms with Crippen molar-refractivity contribution in [3.05, 3.63) is 41.1 Å². The summed E-state index contributed by atoms with van der Waals surface area (Å²) in [6, 6.07) is 8.59. The minimum absolute atomic E-state index is 0.0203. The van der Waals surface area contributed by atoms with Crippen LogP contribution in [-0.4, -0.2) is 18.4 Å². The summed E-state index contributed by atoms with van der Waals surface area (Å²) >= 11 is 0. The maximum atomic E-state index is 11.6. The minimum atomic E-state index is -0.652. The van der Waals surface area contributed by atoms with Crippen molar-refractivity contribution in [1.82, 2.24) is 0 Å². The van der Waals surface area contributed by atoms with Crippen LogP contribution < -0.4 is 5.32 Å². The molecule has 0 fully saturated rings. The van der Waals surface area contributed by atoms with Crippen LogP contribution in [0.1, 0.15) is 31.1 Å². The number of carbonyl (C=O) groups is 2. The van der Waals surface area contributed by atoms with Gasteiger partial charge in [-0.25, -0.2) is 4.79 Å². The molecular weight excluding hydrogens is 256 g/mol.